The molecule has 1 aliphatic heterocycles. The van der Waals surface area contributed by atoms with Crippen molar-refractivity contribution in [1.29, 1.82) is 0 Å². The summed E-state index contributed by atoms with van der Waals surface area (Å²) in [6.07, 6.45) is 8.25. The van der Waals surface area contributed by atoms with Crippen LogP contribution in [0.4, 0.5) is 4.39 Å². The van der Waals surface area contributed by atoms with Gasteiger partial charge >= 0.3 is 5.97 Å². The zero-order valence-corrected chi connectivity index (χ0v) is 19.5. The zero-order valence-electron chi connectivity index (χ0n) is 19.5. The third-order valence-electron chi connectivity index (χ3n) is 7.18. The molecule has 6 heteroatoms. The van der Waals surface area contributed by atoms with Crippen molar-refractivity contribution >= 4 is 17.7 Å². The Morgan fingerprint density at radius 3 is 2.50 bits per heavy atom. The summed E-state index contributed by atoms with van der Waals surface area (Å²) in [5.74, 6) is -0.723. The smallest absolute Gasteiger partial charge is 0.337 e. The molecule has 0 aromatic heterocycles. The molecule has 0 N–H and O–H groups in total. The maximum atomic E-state index is 14.6. The lowest BCUT2D eigenvalue weighted by molar-refractivity contribution is -0.128. The van der Waals surface area contributed by atoms with Gasteiger partial charge in [-0.05, 0) is 55.5 Å². The molecule has 1 saturated carbocycles. The first-order valence-electron chi connectivity index (χ1n) is 11.9. The molecule has 34 heavy (non-hydrogen) atoms. The Labute approximate surface area is 199 Å². The van der Waals surface area contributed by atoms with E-state index in [1.54, 1.807) is 36.4 Å². The summed E-state index contributed by atoms with van der Waals surface area (Å²) < 4.78 is 19.3. The van der Waals surface area contributed by atoms with Gasteiger partial charge in [-0.1, -0.05) is 49.2 Å². The van der Waals surface area contributed by atoms with Gasteiger partial charge in [0.1, 0.15) is 5.82 Å². The molecule has 4 rings (SSSR count). The van der Waals surface area contributed by atoms with Gasteiger partial charge in [-0.25, -0.2) is 9.18 Å². The fraction of sp³-hybridized carbons (Fsp3) is 0.393. The number of hydrogen-bond acceptors (Lipinski definition) is 4. The van der Waals surface area contributed by atoms with Gasteiger partial charge in [-0.3, -0.25) is 9.59 Å². The Morgan fingerprint density at radius 2 is 1.82 bits per heavy atom. The monoisotopic (exact) mass is 463 g/mol. The van der Waals surface area contributed by atoms with Gasteiger partial charge < -0.3 is 9.64 Å². The van der Waals surface area contributed by atoms with Crippen molar-refractivity contribution in [1.82, 2.24) is 4.90 Å². The topological polar surface area (TPSA) is 63.7 Å². The number of halogens is 1. The number of nitrogens with zero attached hydrogens (tertiary/aromatic N) is 1. The molecule has 2 aromatic carbocycles. The highest BCUT2D eigenvalue weighted by atomic mass is 19.1. The van der Waals surface area contributed by atoms with E-state index in [4.69, 9.17) is 4.74 Å². The number of hydrogen-bond donors (Lipinski definition) is 0. The molecule has 5 nitrogen and oxygen atoms in total. The minimum absolute atomic E-state index is 0.0676. The number of likely N-dealkylation sites (tertiary alicyclic amines) is 1. The molecule has 178 valence electrons. The Morgan fingerprint density at radius 1 is 1.12 bits per heavy atom. The number of carbonyl (C=O) groups excluding carboxylic acids is 3. The van der Waals surface area contributed by atoms with Crippen LogP contribution in [0.25, 0.3) is 0 Å². The minimum Gasteiger partial charge on any atom is -0.465 e. The fourth-order valence-corrected chi connectivity index (χ4v) is 5.26. The van der Waals surface area contributed by atoms with E-state index in [-0.39, 0.29) is 29.5 Å². The first kappa shape index (κ1) is 23.9. The Hall–Kier alpha value is -3.28. The lowest BCUT2D eigenvalue weighted by Crippen LogP contribution is -2.35. The average Bonchev–Trinajstić information content (AvgIpc) is 3.49. The second kappa shape index (κ2) is 10.3. The molecule has 1 amide bonds. The highest BCUT2D eigenvalue weighted by Crippen LogP contribution is 2.43. The van der Waals surface area contributed by atoms with Crippen LogP contribution >= 0.6 is 0 Å². The van der Waals surface area contributed by atoms with E-state index in [0.29, 0.717) is 49.8 Å². The SMILES string of the molecule is COC(=O)c1ccc(CCN2C(=O)CC[C@@H]2/C=C/C(=O)C2(c3ccccc3F)CCCC2)cc1. The van der Waals surface area contributed by atoms with E-state index in [1.807, 2.05) is 23.1 Å². The zero-order chi connectivity index (χ0) is 24.1. The molecule has 1 saturated heterocycles. The van der Waals surface area contributed by atoms with Crippen LogP contribution in [0, 0.1) is 5.82 Å². The number of amides is 1. The summed E-state index contributed by atoms with van der Waals surface area (Å²) in [7, 11) is 1.35. The molecular formula is C28H30FNO4. The molecule has 1 atom stereocenters. The molecule has 0 unspecified atom stereocenters. The molecule has 1 aliphatic carbocycles. The van der Waals surface area contributed by atoms with Crippen molar-refractivity contribution in [2.75, 3.05) is 13.7 Å². The van der Waals surface area contributed by atoms with Crippen molar-refractivity contribution in [3.63, 3.8) is 0 Å². The number of ketones is 1. The first-order valence-corrected chi connectivity index (χ1v) is 11.9. The number of allylic oxidation sites excluding steroid dienone is 1. The van der Waals surface area contributed by atoms with Crippen LogP contribution in [0.5, 0.6) is 0 Å². The standard InChI is InChI=1S/C28H30FNO4/c1-34-27(33)21-10-8-20(9-11-21)16-19-30-22(13-15-26(30)32)12-14-25(31)28(17-4-5-18-28)23-6-2-3-7-24(23)29/h2-3,6-12,14,22H,4-5,13,15-19H2,1H3/b14-12+/t22-/m0/s1. The van der Waals surface area contributed by atoms with Crippen LogP contribution in [0.15, 0.2) is 60.7 Å². The first-order chi connectivity index (χ1) is 16.4. The van der Waals surface area contributed by atoms with E-state index in [1.165, 1.54) is 13.2 Å². The lowest BCUT2D eigenvalue weighted by atomic mass is 9.74. The molecule has 2 aliphatic rings. The highest BCUT2D eigenvalue weighted by Gasteiger charge is 2.43. The lowest BCUT2D eigenvalue weighted by Gasteiger charge is -2.28. The highest BCUT2D eigenvalue weighted by molar-refractivity contribution is 5.99. The average molecular weight is 464 g/mol. The van der Waals surface area contributed by atoms with Gasteiger partial charge in [0.2, 0.25) is 5.91 Å². The summed E-state index contributed by atoms with van der Waals surface area (Å²) in [5, 5.41) is 0. The van der Waals surface area contributed by atoms with Gasteiger partial charge in [0.15, 0.2) is 5.78 Å². The Bertz CT molecular complexity index is 1090. The summed E-state index contributed by atoms with van der Waals surface area (Å²) >= 11 is 0. The maximum Gasteiger partial charge on any atom is 0.337 e. The van der Waals surface area contributed by atoms with Crippen molar-refractivity contribution in [3.8, 4) is 0 Å². The van der Waals surface area contributed by atoms with Crippen molar-refractivity contribution < 1.29 is 23.5 Å². The van der Waals surface area contributed by atoms with Crippen molar-refractivity contribution in [3.05, 3.63) is 83.2 Å². The van der Waals surface area contributed by atoms with Crippen LogP contribution in [-0.2, 0) is 26.2 Å². The van der Waals surface area contributed by atoms with Gasteiger partial charge in [0.25, 0.3) is 0 Å². The Balaban J connectivity index is 1.44. The number of rotatable bonds is 8. The van der Waals surface area contributed by atoms with Crippen LogP contribution in [0.3, 0.4) is 0 Å². The number of esters is 1. The van der Waals surface area contributed by atoms with Crippen LogP contribution in [0.2, 0.25) is 0 Å². The van der Waals surface area contributed by atoms with E-state index in [2.05, 4.69) is 0 Å². The number of ether oxygens (including phenoxy) is 1. The quantitative estimate of drug-likeness (QED) is 0.417. The van der Waals surface area contributed by atoms with Gasteiger partial charge in [0.05, 0.1) is 24.1 Å². The van der Waals surface area contributed by atoms with Crippen LogP contribution in [0.1, 0.15) is 60.0 Å². The predicted octanol–water partition coefficient (Wildman–Crippen LogP) is 4.78. The normalized spacial score (nSPS) is 19.6. The molecular weight excluding hydrogens is 433 g/mol. The third kappa shape index (κ3) is 4.81. The molecule has 2 fully saturated rings. The van der Waals surface area contributed by atoms with E-state index < -0.39 is 5.41 Å². The van der Waals surface area contributed by atoms with Crippen molar-refractivity contribution in [2.45, 2.75) is 56.4 Å². The molecule has 0 spiro atoms. The van der Waals surface area contributed by atoms with Crippen molar-refractivity contribution in [2.24, 2.45) is 0 Å². The molecule has 2 aromatic rings. The largest absolute Gasteiger partial charge is 0.465 e. The number of benzene rings is 2. The number of carbonyl (C=O) groups is 3. The fourth-order valence-electron chi connectivity index (χ4n) is 5.26. The van der Waals surface area contributed by atoms with Gasteiger partial charge in [-0.15, -0.1) is 0 Å². The van der Waals surface area contributed by atoms with Gasteiger partial charge in [0, 0.05) is 18.5 Å². The van der Waals surface area contributed by atoms with Crippen LogP contribution in [-0.4, -0.2) is 42.3 Å². The molecule has 1 heterocycles. The summed E-state index contributed by atoms with van der Waals surface area (Å²) in [6, 6.07) is 13.6. The maximum absolute atomic E-state index is 14.6. The predicted molar refractivity (Wildman–Crippen MR) is 127 cm³/mol. The molecule has 0 radical (unpaired) electrons. The minimum atomic E-state index is -0.809. The van der Waals surface area contributed by atoms with E-state index in [9.17, 15) is 18.8 Å². The number of methoxy groups -OCH3 is 1. The summed E-state index contributed by atoms with van der Waals surface area (Å²) in [5.41, 5.74) is 1.17. The second-order valence-electron chi connectivity index (χ2n) is 9.12. The van der Waals surface area contributed by atoms with E-state index >= 15 is 0 Å². The van der Waals surface area contributed by atoms with Gasteiger partial charge in [-0.2, -0.15) is 0 Å². The van der Waals surface area contributed by atoms with Crippen LogP contribution < -0.4 is 0 Å². The summed E-state index contributed by atoms with van der Waals surface area (Å²) in [6.45, 7) is 0.526. The van der Waals surface area contributed by atoms with E-state index in [0.717, 1.165) is 18.4 Å². The Kier molecular flexibility index (Phi) is 7.25. The third-order valence-corrected chi connectivity index (χ3v) is 7.18. The summed E-state index contributed by atoms with van der Waals surface area (Å²) in [4.78, 5) is 39.3. The molecule has 0 bridgehead atoms. The second-order valence-corrected chi connectivity index (χ2v) is 9.12.